The monoisotopic (exact) mass is 359 g/mol. The highest BCUT2D eigenvalue weighted by Crippen LogP contribution is 2.20. The number of hydrogen-bond donors (Lipinski definition) is 1. The molecule has 0 spiro atoms. The largest absolute Gasteiger partial charge is 0.486 e. The first-order chi connectivity index (χ1) is 12.2. The summed E-state index contributed by atoms with van der Waals surface area (Å²) in [6.07, 6.45) is 1.88. The van der Waals surface area contributed by atoms with E-state index in [9.17, 15) is 9.18 Å². The van der Waals surface area contributed by atoms with Crippen molar-refractivity contribution in [1.82, 2.24) is 15.1 Å². The summed E-state index contributed by atoms with van der Waals surface area (Å²) in [6.45, 7) is 3.40. The summed E-state index contributed by atoms with van der Waals surface area (Å²) in [7, 11) is 0. The van der Waals surface area contributed by atoms with Gasteiger partial charge in [0.1, 0.15) is 6.61 Å². The molecule has 3 rings (SSSR count). The van der Waals surface area contributed by atoms with Crippen molar-refractivity contribution in [3.8, 4) is 5.75 Å². The number of nitrogens with zero attached hydrogens (tertiary/aromatic N) is 2. The molecule has 1 N–H and O–H groups in total. The lowest BCUT2D eigenvalue weighted by molar-refractivity contribution is 0.0954. The molecular weight excluding hydrogens is 341 g/mol. The number of ether oxygens (including phenoxy) is 1. The van der Waals surface area contributed by atoms with Gasteiger partial charge in [-0.15, -0.1) is 11.3 Å². The normalized spacial score (nSPS) is 10.6. The van der Waals surface area contributed by atoms with Crippen molar-refractivity contribution in [3.63, 3.8) is 0 Å². The van der Waals surface area contributed by atoms with Gasteiger partial charge in [0.15, 0.2) is 11.6 Å². The molecule has 0 aliphatic carbocycles. The minimum atomic E-state index is -0.401. The van der Waals surface area contributed by atoms with Gasteiger partial charge in [-0.2, -0.15) is 5.10 Å². The van der Waals surface area contributed by atoms with E-state index in [2.05, 4.69) is 10.4 Å². The molecule has 0 unspecified atom stereocenters. The molecule has 25 heavy (non-hydrogen) atoms. The Hall–Kier alpha value is -2.67. The number of hydrogen-bond acceptors (Lipinski definition) is 4. The number of para-hydroxylation sites is 1. The lowest BCUT2D eigenvalue weighted by atomic mass is 10.3. The van der Waals surface area contributed by atoms with Crippen LogP contribution in [0.2, 0.25) is 0 Å². The molecule has 0 aliphatic heterocycles. The fourth-order valence-electron chi connectivity index (χ4n) is 2.23. The highest BCUT2D eigenvalue weighted by Gasteiger charge is 2.11. The smallest absolute Gasteiger partial charge is 0.261 e. The number of carbonyl (C=O) groups is 1. The van der Waals surface area contributed by atoms with E-state index in [1.54, 1.807) is 24.3 Å². The van der Waals surface area contributed by atoms with E-state index < -0.39 is 5.82 Å². The standard InChI is InChI=1S/C18H18FN3O2S/c1-2-22-8-7-14(21-22)10-20-18(23)17-9-13(12-25-17)11-24-16-6-4-3-5-15(16)19/h3-9,12H,2,10-11H2,1H3,(H,20,23). The molecule has 2 heterocycles. The molecule has 7 heteroatoms. The Bertz CT molecular complexity index is 859. The zero-order valence-electron chi connectivity index (χ0n) is 13.7. The Balaban J connectivity index is 1.53. The molecule has 0 saturated carbocycles. The van der Waals surface area contributed by atoms with Gasteiger partial charge in [0.25, 0.3) is 5.91 Å². The molecular formula is C18H18FN3O2S. The maximum atomic E-state index is 13.5. The number of amides is 1. The first-order valence-corrected chi connectivity index (χ1v) is 8.79. The van der Waals surface area contributed by atoms with Crippen LogP contribution in [0.25, 0.3) is 0 Å². The summed E-state index contributed by atoms with van der Waals surface area (Å²) in [5.41, 5.74) is 1.64. The maximum Gasteiger partial charge on any atom is 0.261 e. The van der Waals surface area contributed by atoms with Gasteiger partial charge < -0.3 is 10.1 Å². The molecule has 1 aromatic carbocycles. The van der Waals surface area contributed by atoms with E-state index in [0.717, 1.165) is 17.8 Å². The minimum absolute atomic E-state index is 0.159. The van der Waals surface area contributed by atoms with Gasteiger partial charge >= 0.3 is 0 Å². The Morgan fingerprint density at radius 1 is 1.36 bits per heavy atom. The van der Waals surface area contributed by atoms with Crippen LogP contribution >= 0.6 is 11.3 Å². The van der Waals surface area contributed by atoms with Crippen molar-refractivity contribution in [2.45, 2.75) is 26.6 Å². The van der Waals surface area contributed by atoms with Crippen molar-refractivity contribution in [2.75, 3.05) is 0 Å². The number of rotatable bonds is 7. The van der Waals surface area contributed by atoms with Crippen LogP contribution in [0.3, 0.4) is 0 Å². The summed E-state index contributed by atoms with van der Waals surface area (Å²) >= 11 is 1.33. The predicted molar refractivity (Wildman–Crippen MR) is 94.1 cm³/mol. The summed E-state index contributed by atoms with van der Waals surface area (Å²) in [5, 5.41) is 9.00. The van der Waals surface area contributed by atoms with Crippen LogP contribution in [0.1, 0.15) is 27.9 Å². The second-order valence-electron chi connectivity index (χ2n) is 5.38. The van der Waals surface area contributed by atoms with Gasteiger partial charge in [-0.25, -0.2) is 4.39 Å². The average molecular weight is 359 g/mol. The number of aryl methyl sites for hydroxylation is 1. The lowest BCUT2D eigenvalue weighted by Gasteiger charge is -2.05. The van der Waals surface area contributed by atoms with E-state index >= 15 is 0 Å². The molecule has 0 fully saturated rings. The van der Waals surface area contributed by atoms with Crippen molar-refractivity contribution in [1.29, 1.82) is 0 Å². The number of nitrogens with one attached hydrogen (secondary N) is 1. The second kappa shape index (κ2) is 7.94. The van der Waals surface area contributed by atoms with Crippen molar-refractivity contribution in [2.24, 2.45) is 0 Å². The first-order valence-electron chi connectivity index (χ1n) is 7.91. The highest BCUT2D eigenvalue weighted by atomic mass is 32.1. The van der Waals surface area contributed by atoms with Crippen molar-refractivity contribution < 1.29 is 13.9 Å². The Labute approximate surface area is 149 Å². The third-order valence-electron chi connectivity index (χ3n) is 3.56. The molecule has 2 aromatic heterocycles. The second-order valence-corrected chi connectivity index (χ2v) is 6.29. The van der Waals surface area contributed by atoms with Crippen LogP contribution in [-0.2, 0) is 19.7 Å². The molecule has 0 atom stereocenters. The Morgan fingerprint density at radius 3 is 2.96 bits per heavy atom. The average Bonchev–Trinajstić information content (AvgIpc) is 3.28. The van der Waals surface area contributed by atoms with Crippen molar-refractivity contribution >= 4 is 17.2 Å². The van der Waals surface area contributed by atoms with Gasteiger partial charge in [0, 0.05) is 18.3 Å². The van der Waals surface area contributed by atoms with Crippen LogP contribution in [0.4, 0.5) is 4.39 Å². The number of thiophene rings is 1. The van der Waals surface area contributed by atoms with E-state index in [-0.39, 0.29) is 18.3 Å². The summed E-state index contributed by atoms with van der Waals surface area (Å²) < 4.78 is 20.8. The predicted octanol–water partition coefficient (Wildman–Crippen LogP) is 3.61. The van der Waals surface area contributed by atoms with E-state index in [4.69, 9.17) is 4.74 Å². The van der Waals surface area contributed by atoms with Gasteiger partial charge in [-0.3, -0.25) is 9.48 Å². The first kappa shape index (κ1) is 17.2. The number of benzene rings is 1. The molecule has 0 saturated heterocycles. The molecule has 5 nitrogen and oxygen atoms in total. The fourth-order valence-corrected chi connectivity index (χ4v) is 3.04. The van der Waals surface area contributed by atoms with E-state index in [1.165, 1.54) is 17.4 Å². The molecule has 1 amide bonds. The van der Waals surface area contributed by atoms with Gasteiger partial charge in [-0.05, 0) is 36.6 Å². The molecule has 0 radical (unpaired) electrons. The SMILES string of the molecule is CCn1ccc(CNC(=O)c2cc(COc3ccccc3F)cs2)n1. The van der Waals surface area contributed by atoms with Crippen LogP contribution < -0.4 is 10.1 Å². The van der Waals surface area contributed by atoms with Crippen molar-refractivity contribution in [3.05, 3.63) is 69.9 Å². The number of carbonyl (C=O) groups excluding carboxylic acids is 1. The van der Waals surface area contributed by atoms with Crippen LogP contribution in [0, 0.1) is 5.82 Å². The summed E-state index contributed by atoms with van der Waals surface area (Å²) in [6, 6.07) is 9.88. The van der Waals surface area contributed by atoms with Gasteiger partial charge in [-0.1, -0.05) is 12.1 Å². The molecule has 3 aromatic rings. The third-order valence-corrected chi connectivity index (χ3v) is 4.54. The topological polar surface area (TPSA) is 56.2 Å². The molecule has 0 bridgehead atoms. The quantitative estimate of drug-likeness (QED) is 0.701. The summed E-state index contributed by atoms with van der Waals surface area (Å²) in [5.74, 6) is -0.360. The zero-order chi connectivity index (χ0) is 17.6. The Morgan fingerprint density at radius 2 is 2.20 bits per heavy atom. The third kappa shape index (κ3) is 4.45. The summed E-state index contributed by atoms with van der Waals surface area (Å²) in [4.78, 5) is 12.8. The number of aromatic nitrogens is 2. The molecule has 0 aliphatic rings. The number of halogens is 1. The highest BCUT2D eigenvalue weighted by molar-refractivity contribution is 7.12. The lowest BCUT2D eigenvalue weighted by Crippen LogP contribution is -2.22. The van der Waals surface area contributed by atoms with Gasteiger partial charge in [0.2, 0.25) is 0 Å². The maximum absolute atomic E-state index is 13.5. The molecule has 130 valence electrons. The van der Waals surface area contributed by atoms with E-state index in [0.29, 0.717) is 11.4 Å². The zero-order valence-corrected chi connectivity index (χ0v) is 14.6. The minimum Gasteiger partial charge on any atom is -0.486 e. The van der Waals surface area contributed by atoms with E-state index in [1.807, 2.05) is 29.2 Å². The fraction of sp³-hybridized carbons (Fsp3) is 0.222. The van der Waals surface area contributed by atoms with Crippen LogP contribution in [0.15, 0.2) is 48.0 Å². The van der Waals surface area contributed by atoms with Crippen LogP contribution in [0.5, 0.6) is 5.75 Å². The van der Waals surface area contributed by atoms with Crippen LogP contribution in [-0.4, -0.2) is 15.7 Å². The Kier molecular flexibility index (Phi) is 5.45. The van der Waals surface area contributed by atoms with Gasteiger partial charge in [0.05, 0.1) is 17.1 Å².